The van der Waals surface area contributed by atoms with E-state index in [4.69, 9.17) is 17.3 Å². The monoisotopic (exact) mass is 218 g/mol. The van der Waals surface area contributed by atoms with E-state index in [1.54, 1.807) is 20.0 Å². The predicted molar refractivity (Wildman–Crippen MR) is 61.5 cm³/mol. The summed E-state index contributed by atoms with van der Waals surface area (Å²) in [6.45, 7) is 5.59. The summed E-state index contributed by atoms with van der Waals surface area (Å²) in [5.74, 6) is -0.452. The summed E-state index contributed by atoms with van der Waals surface area (Å²) in [6.07, 6.45) is 0. The van der Waals surface area contributed by atoms with Gasteiger partial charge in [0, 0.05) is 17.6 Å². The van der Waals surface area contributed by atoms with Crippen LogP contribution in [0.2, 0.25) is 5.02 Å². The maximum atomic E-state index is 13.2. The Bertz CT molecular complexity index is 313. The first kappa shape index (κ1) is 13.0. The standard InChI is InChI=1S/C8H10ClFN2.C2H6/c1-4-5(9)3-6(12-2)8(11)7(4)10;1-2/h3,12H,11H2,1-2H3;1-2H3. The lowest BCUT2D eigenvalue weighted by Crippen LogP contribution is -2.00. The second-order valence-electron chi connectivity index (χ2n) is 2.51. The van der Waals surface area contributed by atoms with Gasteiger partial charge < -0.3 is 11.1 Å². The number of nitrogen functional groups attached to an aromatic ring is 1. The molecule has 0 fully saturated rings. The van der Waals surface area contributed by atoms with Gasteiger partial charge in [-0.1, -0.05) is 25.4 Å². The third-order valence-corrected chi connectivity index (χ3v) is 2.15. The predicted octanol–water partition coefficient (Wildman–Crippen LogP) is 3.44. The minimum atomic E-state index is -0.452. The summed E-state index contributed by atoms with van der Waals surface area (Å²) in [6, 6.07) is 1.61. The topological polar surface area (TPSA) is 38.0 Å². The van der Waals surface area contributed by atoms with Gasteiger partial charge in [-0.3, -0.25) is 0 Å². The van der Waals surface area contributed by atoms with Gasteiger partial charge in [-0.25, -0.2) is 4.39 Å². The Morgan fingerprint density at radius 2 is 1.93 bits per heavy atom. The highest BCUT2D eigenvalue weighted by Crippen LogP contribution is 2.30. The second kappa shape index (κ2) is 5.70. The van der Waals surface area contributed by atoms with Crippen molar-refractivity contribution in [3.63, 3.8) is 0 Å². The lowest BCUT2D eigenvalue weighted by Gasteiger charge is -2.09. The normalized spacial score (nSPS) is 9.00. The Kier molecular flexibility index (Phi) is 5.31. The summed E-state index contributed by atoms with van der Waals surface area (Å²) >= 11 is 5.73. The van der Waals surface area contributed by atoms with Crippen LogP contribution in [0.15, 0.2) is 6.07 Å². The van der Waals surface area contributed by atoms with E-state index in [9.17, 15) is 4.39 Å². The molecule has 4 heteroatoms. The number of nitrogens with one attached hydrogen (secondary N) is 1. The van der Waals surface area contributed by atoms with Crippen molar-refractivity contribution in [1.29, 1.82) is 0 Å². The van der Waals surface area contributed by atoms with Gasteiger partial charge in [0.1, 0.15) is 0 Å². The number of anilines is 2. The molecule has 1 rings (SSSR count). The molecule has 0 atom stereocenters. The van der Waals surface area contributed by atoms with Crippen LogP contribution in [0.1, 0.15) is 19.4 Å². The van der Waals surface area contributed by atoms with Crippen LogP contribution in [-0.4, -0.2) is 7.05 Å². The van der Waals surface area contributed by atoms with Crippen LogP contribution in [0.5, 0.6) is 0 Å². The summed E-state index contributed by atoms with van der Waals surface area (Å²) < 4.78 is 13.2. The number of halogens is 2. The van der Waals surface area contributed by atoms with E-state index in [0.717, 1.165) is 0 Å². The molecule has 14 heavy (non-hydrogen) atoms. The SMILES string of the molecule is CC.CNc1cc(Cl)c(C)c(F)c1N. The summed E-state index contributed by atoms with van der Waals surface area (Å²) in [7, 11) is 1.66. The third kappa shape index (κ3) is 2.51. The van der Waals surface area contributed by atoms with Crippen LogP contribution in [0, 0.1) is 12.7 Å². The van der Waals surface area contributed by atoms with Crippen LogP contribution >= 0.6 is 11.6 Å². The lowest BCUT2D eigenvalue weighted by atomic mass is 10.2. The van der Waals surface area contributed by atoms with Gasteiger partial charge in [0.25, 0.3) is 0 Å². The zero-order chi connectivity index (χ0) is 11.3. The molecular weight excluding hydrogens is 203 g/mol. The van der Waals surface area contributed by atoms with E-state index < -0.39 is 5.82 Å². The number of nitrogens with two attached hydrogens (primary N) is 1. The smallest absolute Gasteiger partial charge is 0.152 e. The maximum absolute atomic E-state index is 13.2. The van der Waals surface area contributed by atoms with E-state index in [-0.39, 0.29) is 5.69 Å². The van der Waals surface area contributed by atoms with E-state index in [0.29, 0.717) is 16.3 Å². The Balaban J connectivity index is 0.000000791. The molecule has 0 bridgehead atoms. The molecule has 0 aliphatic carbocycles. The molecule has 0 amide bonds. The largest absolute Gasteiger partial charge is 0.395 e. The molecule has 0 radical (unpaired) electrons. The molecule has 0 aliphatic heterocycles. The van der Waals surface area contributed by atoms with Crippen molar-refractivity contribution in [1.82, 2.24) is 0 Å². The highest BCUT2D eigenvalue weighted by molar-refractivity contribution is 6.31. The molecule has 0 heterocycles. The Morgan fingerprint density at radius 1 is 1.43 bits per heavy atom. The van der Waals surface area contributed by atoms with Gasteiger partial charge in [-0.05, 0) is 13.0 Å². The molecule has 0 saturated carbocycles. The van der Waals surface area contributed by atoms with Crippen molar-refractivity contribution < 1.29 is 4.39 Å². The summed E-state index contributed by atoms with van der Waals surface area (Å²) in [5.41, 5.74) is 6.48. The fourth-order valence-corrected chi connectivity index (χ4v) is 1.14. The Hall–Kier alpha value is -0.960. The van der Waals surface area contributed by atoms with E-state index in [1.807, 2.05) is 13.8 Å². The van der Waals surface area contributed by atoms with Crippen LogP contribution in [-0.2, 0) is 0 Å². The molecule has 2 nitrogen and oxygen atoms in total. The summed E-state index contributed by atoms with van der Waals surface area (Å²) in [4.78, 5) is 0. The Morgan fingerprint density at radius 3 is 2.36 bits per heavy atom. The minimum Gasteiger partial charge on any atom is -0.395 e. The zero-order valence-corrected chi connectivity index (χ0v) is 9.67. The third-order valence-electron chi connectivity index (χ3n) is 1.75. The van der Waals surface area contributed by atoms with E-state index in [2.05, 4.69) is 5.32 Å². The van der Waals surface area contributed by atoms with Gasteiger partial charge in [-0.2, -0.15) is 0 Å². The maximum Gasteiger partial charge on any atom is 0.152 e. The second-order valence-corrected chi connectivity index (χ2v) is 2.92. The average molecular weight is 219 g/mol. The first-order chi connectivity index (χ1) is 6.57. The van der Waals surface area contributed by atoms with Gasteiger partial charge in [0.2, 0.25) is 0 Å². The van der Waals surface area contributed by atoms with E-state index >= 15 is 0 Å². The van der Waals surface area contributed by atoms with Crippen molar-refractivity contribution in [3.8, 4) is 0 Å². The van der Waals surface area contributed by atoms with Crippen molar-refractivity contribution in [2.45, 2.75) is 20.8 Å². The molecule has 0 saturated heterocycles. The first-order valence-corrected chi connectivity index (χ1v) is 4.87. The molecule has 0 aromatic heterocycles. The van der Waals surface area contributed by atoms with Crippen molar-refractivity contribution in [2.75, 3.05) is 18.1 Å². The minimum absolute atomic E-state index is 0.111. The molecule has 0 spiro atoms. The molecule has 1 aromatic rings. The molecular formula is C10H16ClFN2. The van der Waals surface area contributed by atoms with Crippen molar-refractivity contribution in [2.24, 2.45) is 0 Å². The molecule has 80 valence electrons. The average Bonchev–Trinajstić information content (AvgIpc) is 2.23. The lowest BCUT2D eigenvalue weighted by molar-refractivity contribution is 0.624. The van der Waals surface area contributed by atoms with Gasteiger partial charge in [0.05, 0.1) is 11.4 Å². The summed E-state index contributed by atoms with van der Waals surface area (Å²) in [5, 5.41) is 3.14. The Labute approximate surface area is 89.3 Å². The fraction of sp³-hybridized carbons (Fsp3) is 0.400. The fourth-order valence-electron chi connectivity index (χ4n) is 0.945. The van der Waals surface area contributed by atoms with Crippen molar-refractivity contribution in [3.05, 3.63) is 22.5 Å². The highest BCUT2D eigenvalue weighted by atomic mass is 35.5. The van der Waals surface area contributed by atoms with Crippen LogP contribution < -0.4 is 11.1 Å². The van der Waals surface area contributed by atoms with Crippen LogP contribution in [0.25, 0.3) is 0 Å². The number of rotatable bonds is 1. The highest BCUT2D eigenvalue weighted by Gasteiger charge is 2.10. The molecule has 0 unspecified atom stereocenters. The number of hydrogen-bond donors (Lipinski definition) is 2. The number of hydrogen-bond acceptors (Lipinski definition) is 2. The molecule has 0 aliphatic rings. The van der Waals surface area contributed by atoms with Gasteiger partial charge in [-0.15, -0.1) is 0 Å². The van der Waals surface area contributed by atoms with Gasteiger partial charge in [0.15, 0.2) is 5.82 Å². The first-order valence-electron chi connectivity index (χ1n) is 4.49. The van der Waals surface area contributed by atoms with Crippen LogP contribution in [0.4, 0.5) is 15.8 Å². The van der Waals surface area contributed by atoms with Crippen LogP contribution in [0.3, 0.4) is 0 Å². The van der Waals surface area contributed by atoms with E-state index in [1.165, 1.54) is 0 Å². The van der Waals surface area contributed by atoms with Crippen molar-refractivity contribution >= 4 is 23.0 Å². The molecule has 3 N–H and O–H groups in total. The molecule has 1 aromatic carbocycles. The zero-order valence-electron chi connectivity index (χ0n) is 8.91. The van der Waals surface area contributed by atoms with Gasteiger partial charge >= 0.3 is 0 Å². The number of benzene rings is 1. The quantitative estimate of drug-likeness (QED) is 0.709.